The molecule has 2 unspecified atom stereocenters. The van der Waals surface area contributed by atoms with E-state index in [-0.39, 0.29) is 0 Å². The molecule has 3 heteroatoms. The zero-order valence-corrected chi connectivity index (χ0v) is 12.0. The molecule has 0 amide bonds. The molecule has 0 aliphatic carbocycles. The third-order valence-corrected chi connectivity index (χ3v) is 5.42. The Morgan fingerprint density at radius 1 is 1.17 bits per heavy atom. The quantitative estimate of drug-likeness (QED) is 0.823. The lowest BCUT2D eigenvalue weighted by Gasteiger charge is -2.35. The third-order valence-electron chi connectivity index (χ3n) is 5.42. The van der Waals surface area contributed by atoms with Crippen LogP contribution in [0.25, 0.3) is 0 Å². The van der Waals surface area contributed by atoms with Crippen LogP contribution in [0.2, 0.25) is 0 Å². The summed E-state index contributed by atoms with van der Waals surface area (Å²) in [5.74, 6) is 0. The Labute approximate surface area is 112 Å². The van der Waals surface area contributed by atoms with Gasteiger partial charge in [0.1, 0.15) is 0 Å². The molecule has 0 aromatic heterocycles. The molecule has 2 atom stereocenters. The Hall–Kier alpha value is -0.120. The number of fused-ring (bicyclic) bond motifs is 1. The van der Waals surface area contributed by atoms with Gasteiger partial charge in [-0.15, -0.1) is 0 Å². The van der Waals surface area contributed by atoms with E-state index in [1.807, 2.05) is 0 Å². The van der Waals surface area contributed by atoms with Gasteiger partial charge in [0, 0.05) is 24.7 Å². The van der Waals surface area contributed by atoms with E-state index in [1.165, 1.54) is 77.8 Å². The lowest BCUT2D eigenvalue weighted by Crippen LogP contribution is -2.51. The summed E-state index contributed by atoms with van der Waals surface area (Å²) in [4.78, 5) is 5.50. The van der Waals surface area contributed by atoms with Crippen LogP contribution in [0.15, 0.2) is 0 Å². The van der Waals surface area contributed by atoms with Gasteiger partial charge in [0.05, 0.1) is 0 Å². The molecule has 3 aliphatic heterocycles. The van der Waals surface area contributed by atoms with E-state index in [4.69, 9.17) is 0 Å². The van der Waals surface area contributed by atoms with Crippen molar-refractivity contribution in [3.05, 3.63) is 0 Å². The SMILES string of the molecule is CCC1(CN2CCCN3CCCC3C2)CCCN1. The van der Waals surface area contributed by atoms with Gasteiger partial charge in [0.2, 0.25) is 0 Å². The van der Waals surface area contributed by atoms with Gasteiger partial charge in [-0.1, -0.05) is 6.92 Å². The Balaban J connectivity index is 1.61. The van der Waals surface area contributed by atoms with Gasteiger partial charge in [-0.2, -0.15) is 0 Å². The lowest BCUT2D eigenvalue weighted by molar-refractivity contribution is 0.170. The molecule has 3 aliphatic rings. The Kier molecular flexibility index (Phi) is 3.92. The van der Waals surface area contributed by atoms with Crippen molar-refractivity contribution >= 4 is 0 Å². The summed E-state index contributed by atoms with van der Waals surface area (Å²) >= 11 is 0. The fraction of sp³-hybridized carbons (Fsp3) is 1.00. The van der Waals surface area contributed by atoms with E-state index in [9.17, 15) is 0 Å². The molecule has 3 nitrogen and oxygen atoms in total. The third kappa shape index (κ3) is 2.59. The molecule has 3 rings (SSSR count). The van der Waals surface area contributed by atoms with Crippen molar-refractivity contribution in [2.45, 2.75) is 57.0 Å². The molecule has 0 aromatic rings. The van der Waals surface area contributed by atoms with Crippen molar-refractivity contribution in [3.63, 3.8) is 0 Å². The van der Waals surface area contributed by atoms with Gasteiger partial charge in [-0.05, 0) is 64.7 Å². The fourth-order valence-corrected chi connectivity index (χ4v) is 4.27. The predicted octanol–water partition coefficient (Wildman–Crippen LogP) is 1.69. The maximum absolute atomic E-state index is 3.79. The Morgan fingerprint density at radius 2 is 2.06 bits per heavy atom. The molecule has 104 valence electrons. The summed E-state index contributed by atoms with van der Waals surface area (Å²) in [5, 5.41) is 3.79. The Morgan fingerprint density at radius 3 is 2.83 bits per heavy atom. The molecule has 3 fully saturated rings. The highest BCUT2D eigenvalue weighted by Crippen LogP contribution is 2.27. The van der Waals surface area contributed by atoms with E-state index >= 15 is 0 Å². The van der Waals surface area contributed by atoms with Gasteiger partial charge < -0.3 is 5.32 Å². The molecule has 18 heavy (non-hydrogen) atoms. The van der Waals surface area contributed by atoms with E-state index < -0.39 is 0 Å². The van der Waals surface area contributed by atoms with Crippen molar-refractivity contribution in [2.24, 2.45) is 0 Å². The van der Waals surface area contributed by atoms with Crippen LogP contribution in [-0.2, 0) is 0 Å². The summed E-state index contributed by atoms with van der Waals surface area (Å²) in [6.07, 6.45) is 8.28. The van der Waals surface area contributed by atoms with Crippen molar-refractivity contribution in [2.75, 3.05) is 39.3 Å². The first-order chi connectivity index (χ1) is 8.81. The average Bonchev–Trinajstić information content (AvgIpc) is 2.97. The molecular formula is C15H29N3. The highest BCUT2D eigenvalue weighted by molar-refractivity contribution is 4.96. The number of rotatable bonds is 3. The molecule has 0 saturated carbocycles. The highest BCUT2D eigenvalue weighted by atomic mass is 15.3. The van der Waals surface area contributed by atoms with Crippen molar-refractivity contribution in [3.8, 4) is 0 Å². The van der Waals surface area contributed by atoms with Crippen LogP contribution in [0.3, 0.4) is 0 Å². The maximum Gasteiger partial charge on any atom is 0.0306 e. The molecule has 0 aromatic carbocycles. The molecule has 0 radical (unpaired) electrons. The Bertz CT molecular complexity index is 273. The van der Waals surface area contributed by atoms with Gasteiger partial charge in [-0.25, -0.2) is 0 Å². The van der Waals surface area contributed by atoms with Crippen LogP contribution in [-0.4, -0.2) is 60.6 Å². The zero-order valence-electron chi connectivity index (χ0n) is 12.0. The van der Waals surface area contributed by atoms with Gasteiger partial charge >= 0.3 is 0 Å². The minimum atomic E-state index is 0.438. The second kappa shape index (κ2) is 5.48. The summed E-state index contributed by atoms with van der Waals surface area (Å²) in [7, 11) is 0. The van der Waals surface area contributed by atoms with Gasteiger partial charge in [0.15, 0.2) is 0 Å². The van der Waals surface area contributed by atoms with Crippen LogP contribution in [0.5, 0.6) is 0 Å². The molecule has 1 N–H and O–H groups in total. The first-order valence-electron chi connectivity index (χ1n) is 8.03. The van der Waals surface area contributed by atoms with Crippen LogP contribution in [0.4, 0.5) is 0 Å². The zero-order chi connectivity index (χ0) is 12.4. The first-order valence-corrected chi connectivity index (χ1v) is 8.03. The summed E-state index contributed by atoms with van der Waals surface area (Å²) in [6.45, 7) is 10.2. The highest BCUT2D eigenvalue weighted by Gasteiger charge is 2.36. The molecular weight excluding hydrogens is 222 g/mol. The first kappa shape index (κ1) is 12.9. The molecule has 3 saturated heterocycles. The largest absolute Gasteiger partial charge is 0.310 e. The summed E-state index contributed by atoms with van der Waals surface area (Å²) in [6, 6.07) is 0.864. The van der Waals surface area contributed by atoms with E-state index in [1.54, 1.807) is 0 Å². The van der Waals surface area contributed by atoms with Crippen LogP contribution >= 0.6 is 0 Å². The second-order valence-corrected chi connectivity index (χ2v) is 6.58. The van der Waals surface area contributed by atoms with Crippen molar-refractivity contribution in [1.29, 1.82) is 0 Å². The normalized spacial score (nSPS) is 38.8. The summed E-state index contributed by atoms with van der Waals surface area (Å²) < 4.78 is 0. The van der Waals surface area contributed by atoms with Gasteiger partial charge in [-0.3, -0.25) is 9.80 Å². The number of hydrogen-bond acceptors (Lipinski definition) is 3. The van der Waals surface area contributed by atoms with Gasteiger partial charge in [0.25, 0.3) is 0 Å². The minimum Gasteiger partial charge on any atom is -0.310 e. The van der Waals surface area contributed by atoms with E-state index in [2.05, 4.69) is 22.0 Å². The standard InChI is InChI=1S/C15H29N3/c1-2-15(7-4-8-16-15)13-17-9-5-11-18-10-3-6-14(18)12-17/h14,16H,2-13H2,1H3. The maximum atomic E-state index is 3.79. The lowest BCUT2D eigenvalue weighted by atomic mass is 9.93. The van der Waals surface area contributed by atoms with Crippen LogP contribution < -0.4 is 5.32 Å². The van der Waals surface area contributed by atoms with Crippen molar-refractivity contribution in [1.82, 2.24) is 15.1 Å². The number of hydrogen-bond donors (Lipinski definition) is 1. The molecule has 0 bridgehead atoms. The number of nitrogens with zero attached hydrogens (tertiary/aromatic N) is 2. The second-order valence-electron chi connectivity index (χ2n) is 6.58. The minimum absolute atomic E-state index is 0.438. The molecule has 0 spiro atoms. The topological polar surface area (TPSA) is 18.5 Å². The smallest absolute Gasteiger partial charge is 0.0306 e. The predicted molar refractivity (Wildman–Crippen MR) is 75.9 cm³/mol. The fourth-order valence-electron chi connectivity index (χ4n) is 4.27. The van der Waals surface area contributed by atoms with E-state index in [0.29, 0.717) is 5.54 Å². The van der Waals surface area contributed by atoms with Crippen molar-refractivity contribution < 1.29 is 0 Å². The monoisotopic (exact) mass is 251 g/mol. The number of nitrogens with one attached hydrogen (secondary N) is 1. The average molecular weight is 251 g/mol. The molecule has 3 heterocycles. The van der Waals surface area contributed by atoms with Crippen LogP contribution in [0, 0.1) is 0 Å². The summed E-state index contributed by atoms with van der Waals surface area (Å²) in [5.41, 5.74) is 0.438. The van der Waals surface area contributed by atoms with Crippen LogP contribution in [0.1, 0.15) is 45.4 Å². The van der Waals surface area contributed by atoms with E-state index in [0.717, 1.165) is 6.04 Å².